The summed E-state index contributed by atoms with van der Waals surface area (Å²) < 4.78 is 5.34. The van der Waals surface area contributed by atoms with E-state index in [-0.39, 0.29) is 25.0 Å². The first-order valence-electron chi connectivity index (χ1n) is 6.81. The molecular formula is C16H12Cl2N2O3. The molecule has 2 aromatic carbocycles. The van der Waals surface area contributed by atoms with Gasteiger partial charge in [0.15, 0.2) is 6.61 Å². The minimum Gasteiger partial charge on any atom is -0.482 e. The molecule has 5 nitrogen and oxygen atoms in total. The SMILES string of the molecule is O=C(CN1C(=O)COc2ccc(Cl)cc21)Nc1cccc(Cl)c1. The van der Waals surface area contributed by atoms with Crippen molar-refractivity contribution in [3.05, 3.63) is 52.5 Å². The maximum absolute atomic E-state index is 12.2. The van der Waals surface area contributed by atoms with Gasteiger partial charge in [0, 0.05) is 15.7 Å². The predicted molar refractivity (Wildman–Crippen MR) is 89.4 cm³/mol. The highest BCUT2D eigenvalue weighted by Crippen LogP contribution is 2.34. The molecule has 0 aromatic heterocycles. The molecule has 2 aromatic rings. The second-order valence-electron chi connectivity index (χ2n) is 4.94. The second-order valence-corrected chi connectivity index (χ2v) is 5.81. The molecule has 0 radical (unpaired) electrons. The summed E-state index contributed by atoms with van der Waals surface area (Å²) in [6.45, 7) is -0.249. The van der Waals surface area contributed by atoms with Crippen molar-refractivity contribution in [1.29, 1.82) is 0 Å². The lowest BCUT2D eigenvalue weighted by atomic mass is 10.2. The van der Waals surface area contributed by atoms with Crippen LogP contribution in [-0.2, 0) is 9.59 Å². The minimum absolute atomic E-state index is 0.112. The van der Waals surface area contributed by atoms with Crippen molar-refractivity contribution in [2.24, 2.45) is 0 Å². The highest BCUT2D eigenvalue weighted by Gasteiger charge is 2.27. The quantitative estimate of drug-likeness (QED) is 0.923. The van der Waals surface area contributed by atoms with Gasteiger partial charge in [0.25, 0.3) is 5.91 Å². The van der Waals surface area contributed by atoms with E-state index in [9.17, 15) is 9.59 Å². The Hall–Kier alpha value is -2.24. The van der Waals surface area contributed by atoms with Crippen LogP contribution in [0, 0.1) is 0 Å². The van der Waals surface area contributed by atoms with Gasteiger partial charge in [0.05, 0.1) is 5.69 Å². The van der Waals surface area contributed by atoms with Gasteiger partial charge in [-0.05, 0) is 36.4 Å². The fourth-order valence-corrected chi connectivity index (χ4v) is 2.62. The first kappa shape index (κ1) is 15.6. The van der Waals surface area contributed by atoms with Crippen molar-refractivity contribution in [3.63, 3.8) is 0 Å². The Labute approximate surface area is 142 Å². The number of halogens is 2. The van der Waals surface area contributed by atoms with Crippen molar-refractivity contribution in [3.8, 4) is 5.75 Å². The van der Waals surface area contributed by atoms with Crippen LogP contribution in [0.3, 0.4) is 0 Å². The van der Waals surface area contributed by atoms with Crippen LogP contribution in [0.1, 0.15) is 0 Å². The van der Waals surface area contributed by atoms with Gasteiger partial charge in [-0.1, -0.05) is 29.3 Å². The van der Waals surface area contributed by atoms with E-state index in [0.717, 1.165) is 0 Å². The standard InChI is InChI=1S/C16H12Cl2N2O3/c17-10-2-1-3-12(6-10)19-15(21)8-20-13-7-11(18)4-5-14(13)23-9-16(20)22/h1-7H,8-9H2,(H,19,21). The molecule has 118 valence electrons. The van der Waals surface area contributed by atoms with Crippen LogP contribution in [0.5, 0.6) is 5.75 Å². The van der Waals surface area contributed by atoms with E-state index in [1.807, 2.05) is 0 Å². The monoisotopic (exact) mass is 350 g/mol. The molecule has 3 rings (SSSR count). The van der Waals surface area contributed by atoms with Gasteiger partial charge in [-0.3, -0.25) is 14.5 Å². The van der Waals surface area contributed by atoms with Crippen LogP contribution in [0.2, 0.25) is 10.0 Å². The highest BCUT2D eigenvalue weighted by molar-refractivity contribution is 6.31. The fraction of sp³-hybridized carbons (Fsp3) is 0.125. The van der Waals surface area contributed by atoms with E-state index in [1.165, 1.54) is 4.90 Å². The molecule has 0 saturated heterocycles. The number of benzene rings is 2. The smallest absolute Gasteiger partial charge is 0.265 e. The number of nitrogens with one attached hydrogen (secondary N) is 1. The molecule has 1 N–H and O–H groups in total. The molecule has 0 unspecified atom stereocenters. The normalized spacial score (nSPS) is 13.3. The maximum atomic E-state index is 12.2. The van der Waals surface area contributed by atoms with Crippen molar-refractivity contribution in [1.82, 2.24) is 0 Å². The number of amides is 2. The first-order valence-corrected chi connectivity index (χ1v) is 7.56. The summed E-state index contributed by atoms with van der Waals surface area (Å²) >= 11 is 11.8. The van der Waals surface area contributed by atoms with E-state index in [4.69, 9.17) is 27.9 Å². The lowest BCUT2D eigenvalue weighted by Gasteiger charge is -2.29. The average Bonchev–Trinajstić information content (AvgIpc) is 2.50. The predicted octanol–water partition coefficient (Wildman–Crippen LogP) is 3.36. The lowest BCUT2D eigenvalue weighted by molar-refractivity contribution is -0.123. The molecule has 1 heterocycles. The van der Waals surface area contributed by atoms with E-state index in [1.54, 1.807) is 42.5 Å². The minimum atomic E-state index is -0.339. The van der Waals surface area contributed by atoms with Crippen molar-refractivity contribution >= 4 is 46.4 Å². The van der Waals surface area contributed by atoms with Crippen molar-refractivity contribution in [2.45, 2.75) is 0 Å². The average molecular weight is 351 g/mol. The van der Waals surface area contributed by atoms with Crippen LogP contribution in [0.25, 0.3) is 0 Å². The Morgan fingerprint density at radius 1 is 1.17 bits per heavy atom. The summed E-state index contributed by atoms with van der Waals surface area (Å²) in [6.07, 6.45) is 0. The summed E-state index contributed by atoms with van der Waals surface area (Å²) in [6, 6.07) is 11.7. The third kappa shape index (κ3) is 3.57. The zero-order chi connectivity index (χ0) is 16.4. The van der Waals surface area contributed by atoms with E-state index >= 15 is 0 Å². The Morgan fingerprint density at radius 2 is 1.96 bits per heavy atom. The molecule has 0 atom stereocenters. The van der Waals surface area contributed by atoms with Gasteiger partial charge in [-0.25, -0.2) is 0 Å². The zero-order valence-corrected chi connectivity index (χ0v) is 13.4. The largest absolute Gasteiger partial charge is 0.482 e. The summed E-state index contributed by atoms with van der Waals surface area (Å²) in [5.41, 5.74) is 1.05. The highest BCUT2D eigenvalue weighted by atomic mass is 35.5. The molecule has 0 fully saturated rings. The Bertz CT molecular complexity index is 780. The van der Waals surface area contributed by atoms with Gasteiger partial charge in [-0.2, -0.15) is 0 Å². The Morgan fingerprint density at radius 3 is 2.74 bits per heavy atom. The molecular weight excluding hydrogens is 339 g/mol. The van der Waals surface area contributed by atoms with Crippen molar-refractivity contribution < 1.29 is 14.3 Å². The summed E-state index contributed by atoms with van der Waals surface area (Å²) in [4.78, 5) is 25.6. The van der Waals surface area contributed by atoms with Crippen LogP contribution in [0.15, 0.2) is 42.5 Å². The number of fused-ring (bicyclic) bond motifs is 1. The van der Waals surface area contributed by atoms with Gasteiger partial charge in [-0.15, -0.1) is 0 Å². The molecule has 23 heavy (non-hydrogen) atoms. The van der Waals surface area contributed by atoms with Crippen LogP contribution in [0.4, 0.5) is 11.4 Å². The van der Waals surface area contributed by atoms with Crippen LogP contribution < -0.4 is 15.0 Å². The van der Waals surface area contributed by atoms with E-state index in [2.05, 4.69) is 5.32 Å². The molecule has 7 heteroatoms. The van der Waals surface area contributed by atoms with Crippen molar-refractivity contribution in [2.75, 3.05) is 23.4 Å². The number of carbonyl (C=O) groups is 2. The molecule has 0 spiro atoms. The van der Waals surface area contributed by atoms with E-state index in [0.29, 0.717) is 27.2 Å². The number of rotatable bonds is 3. The third-order valence-electron chi connectivity index (χ3n) is 3.27. The van der Waals surface area contributed by atoms with Crippen LogP contribution in [-0.4, -0.2) is 25.0 Å². The molecule has 0 aliphatic carbocycles. The van der Waals surface area contributed by atoms with Crippen LogP contribution >= 0.6 is 23.2 Å². The lowest BCUT2D eigenvalue weighted by Crippen LogP contribution is -2.43. The Balaban J connectivity index is 1.78. The molecule has 2 amide bonds. The molecule has 0 saturated carbocycles. The molecule has 0 bridgehead atoms. The maximum Gasteiger partial charge on any atom is 0.265 e. The number of nitrogens with zero attached hydrogens (tertiary/aromatic N) is 1. The first-order chi connectivity index (χ1) is 11.0. The second kappa shape index (κ2) is 6.48. The zero-order valence-electron chi connectivity index (χ0n) is 11.9. The number of carbonyl (C=O) groups excluding carboxylic acids is 2. The number of hydrogen-bond acceptors (Lipinski definition) is 3. The van der Waals surface area contributed by atoms with Gasteiger partial charge < -0.3 is 10.1 Å². The van der Waals surface area contributed by atoms with Gasteiger partial charge >= 0.3 is 0 Å². The summed E-state index contributed by atoms with van der Waals surface area (Å²) in [5, 5.41) is 3.68. The van der Waals surface area contributed by atoms with Gasteiger partial charge in [0.2, 0.25) is 5.91 Å². The molecule has 1 aliphatic heterocycles. The summed E-state index contributed by atoms with van der Waals surface area (Å²) in [5.74, 6) is -0.126. The summed E-state index contributed by atoms with van der Waals surface area (Å²) in [7, 11) is 0. The Kier molecular flexibility index (Phi) is 4.41. The topological polar surface area (TPSA) is 58.6 Å². The number of hydrogen-bond donors (Lipinski definition) is 1. The van der Waals surface area contributed by atoms with Gasteiger partial charge in [0.1, 0.15) is 12.3 Å². The molecule has 1 aliphatic rings. The fourth-order valence-electron chi connectivity index (χ4n) is 2.26. The van der Waals surface area contributed by atoms with E-state index < -0.39 is 0 Å². The third-order valence-corrected chi connectivity index (χ3v) is 3.74. The number of ether oxygens (including phenoxy) is 1. The number of anilines is 2.